The molecule has 12 rings (SSSR count). The minimum absolute atomic E-state index is 0.589. The molecule has 284 valence electrons. The third kappa shape index (κ3) is 6.12. The van der Waals surface area contributed by atoms with Gasteiger partial charge in [-0.2, -0.15) is 0 Å². The van der Waals surface area contributed by atoms with Gasteiger partial charge in [-0.15, -0.1) is 0 Å². The molecule has 0 amide bonds. The molecule has 0 saturated carbocycles. The molecular weight excluding hydrogens is 743 g/mol. The standard InChI is InChI=1S/C57H35N3O/c1-3-12-36(13-4-1)41-25-22-38-24-27-44(34-45(38)33-41)56-58-55(43-26-23-37-14-7-8-17-40(37)32-43)59-57(60-56)51-20-11-21-52-54(51)50-29-28-42(35-53(50)61-52)47-31-30-46(39-15-5-2-6-16-39)48-18-9-10-19-49(47)48/h1-35H. The molecule has 0 bridgehead atoms. The molecule has 0 saturated heterocycles. The summed E-state index contributed by atoms with van der Waals surface area (Å²) < 4.78 is 6.68. The van der Waals surface area contributed by atoms with Crippen molar-refractivity contribution in [3.8, 4) is 67.5 Å². The van der Waals surface area contributed by atoms with E-state index in [1.807, 2.05) is 18.2 Å². The second-order valence-corrected chi connectivity index (χ2v) is 15.6. The Labute approximate surface area is 352 Å². The Balaban J connectivity index is 1.02. The van der Waals surface area contributed by atoms with Crippen molar-refractivity contribution in [3.05, 3.63) is 212 Å². The molecule has 0 N–H and O–H groups in total. The Morgan fingerprint density at radius 3 is 1.52 bits per heavy atom. The van der Waals surface area contributed by atoms with E-state index < -0.39 is 0 Å². The first-order valence-corrected chi connectivity index (χ1v) is 20.6. The molecule has 12 aromatic rings. The number of hydrogen-bond acceptors (Lipinski definition) is 4. The third-order valence-corrected chi connectivity index (χ3v) is 11.9. The molecule has 0 spiro atoms. The normalized spacial score (nSPS) is 11.6. The number of benzene rings is 10. The van der Waals surface area contributed by atoms with Gasteiger partial charge in [0.05, 0.1) is 0 Å². The number of aromatic nitrogens is 3. The SMILES string of the molecule is c1ccc(-c2ccc3ccc(-c4nc(-c5ccc6ccccc6c5)nc(-c5cccc6oc7cc(-c8ccc(-c9ccccc9)c9ccccc89)ccc7c56)n4)cc3c2)cc1. The molecule has 4 heteroatoms. The Hall–Kier alpha value is -8.21. The van der Waals surface area contributed by atoms with Crippen molar-refractivity contribution < 1.29 is 4.42 Å². The lowest BCUT2D eigenvalue weighted by Crippen LogP contribution is -2.00. The molecule has 2 aromatic heterocycles. The molecule has 0 aliphatic heterocycles. The second kappa shape index (κ2) is 14.3. The number of hydrogen-bond donors (Lipinski definition) is 0. The monoisotopic (exact) mass is 777 g/mol. The highest BCUT2D eigenvalue weighted by atomic mass is 16.3. The number of fused-ring (bicyclic) bond motifs is 6. The molecule has 0 fully saturated rings. The predicted octanol–water partition coefficient (Wildman–Crippen LogP) is 15.2. The van der Waals surface area contributed by atoms with Crippen LogP contribution in [0.15, 0.2) is 217 Å². The lowest BCUT2D eigenvalue weighted by Gasteiger charge is -2.12. The van der Waals surface area contributed by atoms with E-state index in [0.29, 0.717) is 17.5 Å². The minimum Gasteiger partial charge on any atom is -0.456 e. The quantitative estimate of drug-likeness (QED) is 0.169. The van der Waals surface area contributed by atoms with Crippen molar-refractivity contribution in [1.82, 2.24) is 15.0 Å². The smallest absolute Gasteiger partial charge is 0.164 e. The number of nitrogens with zero attached hydrogens (tertiary/aromatic N) is 3. The van der Waals surface area contributed by atoms with Crippen LogP contribution in [0.5, 0.6) is 0 Å². The van der Waals surface area contributed by atoms with Gasteiger partial charge in [0, 0.05) is 27.5 Å². The number of rotatable bonds is 6. The maximum absolute atomic E-state index is 6.68. The van der Waals surface area contributed by atoms with Gasteiger partial charge < -0.3 is 4.42 Å². The first-order chi connectivity index (χ1) is 30.2. The van der Waals surface area contributed by atoms with Crippen LogP contribution in [-0.4, -0.2) is 15.0 Å². The van der Waals surface area contributed by atoms with Crippen LogP contribution in [0, 0.1) is 0 Å². The zero-order chi connectivity index (χ0) is 40.3. The lowest BCUT2D eigenvalue weighted by atomic mass is 9.92. The van der Waals surface area contributed by atoms with E-state index in [9.17, 15) is 0 Å². The van der Waals surface area contributed by atoms with Gasteiger partial charge in [0.2, 0.25) is 0 Å². The highest BCUT2D eigenvalue weighted by Gasteiger charge is 2.19. The highest BCUT2D eigenvalue weighted by Crippen LogP contribution is 2.41. The molecular formula is C57H35N3O. The Morgan fingerprint density at radius 1 is 0.262 bits per heavy atom. The van der Waals surface area contributed by atoms with Crippen LogP contribution in [0.2, 0.25) is 0 Å². The summed E-state index contributed by atoms with van der Waals surface area (Å²) in [6, 6.07) is 74.7. The molecule has 0 aliphatic carbocycles. The Morgan fingerprint density at radius 2 is 0.803 bits per heavy atom. The Bertz CT molecular complexity index is 3650. The summed E-state index contributed by atoms with van der Waals surface area (Å²) in [5.41, 5.74) is 11.3. The molecule has 0 unspecified atom stereocenters. The summed E-state index contributed by atoms with van der Waals surface area (Å²) in [4.78, 5) is 15.7. The third-order valence-electron chi connectivity index (χ3n) is 11.9. The van der Waals surface area contributed by atoms with Crippen molar-refractivity contribution in [1.29, 1.82) is 0 Å². The van der Waals surface area contributed by atoms with Crippen LogP contribution >= 0.6 is 0 Å². The zero-order valence-electron chi connectivity index (χ0n) is 33.0. The Kier molecular flexibility index (Phi) is 8.13. The van der Waals surface area contributed by atoms with Gasteiger partial charge in [-0.25, -0.2) is 15.0 Å². The lowest BCUT2D eigenvalue weighted by molar-refractivity contribution is 0.669. The minimum atomic E-state index is 0.589. The molecule has 0 atom stereocenters. The predicted molar refractivity (Wildman–Crippen MR) is 252 cm³/mol. The molecule has 0 aliphatic rings. The fourth-order valence-electron chi connectivity index (χ4n) is 8.88. The van der Waals surface area contributed by atoms with E-state index in [1.165, 1.54) is 32.8 Å². The van der Waals surface area contributed by atoms with E-state index in [1.54, 1.807) is 0 Å². The molecule has 0 radical (unpaired) electrons. The van der Waals surface area contributed by atoms with Crippen molar-refractivity contribution in [3.63, 3.8) is 0 Å². The summed E-state index contributed by atoms with van der Waals surface area (Å²) in [5, 5.41) is 8.96. The van der Waals surface area contributed by atoms with Gasteiger partial charge in [-0.1, -0.05) is 176 Å². The van der Waals surface area contributed by atoms with Gasteiger partial charge in [-0.3, -0.25) is 0 Å². The van der Waals surface area contributed by atoms with Gasteiger partial charge >= 0.3 is 0 Å². The average Bonchev–Trinajstić information content (AvgIpc) is 3.72. The summed E-state index contributed by atoms with van der Waals surface area (Å²) in [6.07, 6.45) is 0. The first-order valence-electron chi connectivity index (χ1n) is 20.6. The van der Waals surface area contributed by atoms with Gasteiger partial charge in [0.25, 0.3) is 0 Å². The molecule has 61 heavy (non-hydrogen) atoms. The maximum Gasteiger partial charge on any atom is 0.164 e. The first kappa shape index (κ1) is 34.8. The van der Waals surface area contributed by atoms with Gasteiger partial charge in [0.1, 0.15) is 11.2 Å². The van der Waals surface area contributed by atoms with Crippen LogP contribution in [0.3, 0.4) is 0 Å². The number of furan rings is 1. The van der Waals surface area contributed by atoms with Crippen molar-refractivity contribution in [2.24, 2.45) is 0 Å². The van der Waals surface area contributed by atoms with Gasteiger partial charge in [0.15, 0.2) is 17.5 Å². The van der Waals surface area contributed by atoms with Crippen LogP contribution in [0.25, 0.3) is 122 Å². The van der Waals surface area contributed by atoms with Crippen LogP contribution in [-0.2, 0) is 0 Å². The van der Waals surface area contributed by atoms with E-state index in [-0.39, 0.29) is 0 Å². The van der Waals surface area contributed by atoms with Crippen LogP contribution in [0.4, 0.5) is 0 Å². The van der Waals surface area contributed by atoms with Crippen molar-refractivity contribution in [2.75, 3.05) is 0 Å². The van der Waals surface area contributed by atoms with Crippen LogP contribution < -0.4 is 0 Å². The molecule has 4 nitrogen and oxygen atoms in total. The van der Waals surface area contributed by atoms with E-state index in [4.69, 9.17) is 19.4 Å². The summed E-state index contributed by atoms with van der Waals surface area (Å²) in [7, 11) is 0. The van der Waals surface area contributed by atoms with Crippen LogP contribution in [0.1, 0.15) is 0 Å². The van der Waals surface area contributed by atoms with E-state index >= 15 is 0 Å². The average molecular weight is 778 g/mol. The largest absolute Gasteiger partial charge is 0.456 e. The van der Waals surface area contributed by atoms with Crippen molar-refractivity contribution >= 4 is 54.3 Å². The summed E-state index contributed by atoms with van der Waals surface area (Å²) >= 11 is 0. The topological polar surface area (TPSA) is 51.8 Å². The summed E-state index contributed by atoms with van der Waals surface area (Å²) in [5.74, 6) is 1.81. The van der Waals surface area contributed by atoms with E-state index in [2.05, 4.69) is 194 Å². The van der Waals surface area contributed by atoms with E-state index in [0.717, 1.165) is 71.5 Å². The molecule has 10 aromatic carbocycles. The fourth-order valence-corrected chi connectivity index (χ4v) is 8.88. The maximum atomic E-state index is 6.68. The zero-order valence-corrected chi connectivity index (χ0v) is 33.0. The van der Waals surface area contributed by atoms with Gasteiger partial charge in [-0.05, 0) is 102 Å². The van der Waals surface area contributed by atoms with Crippen molar-refractivity contribution in [2.45, 2.75) is 0 Å². The fraction of sp³-hybridized carbons (Fsp3) is 0. The highest BCUT2D eigenvalue weighted by molar-refractivity contribution is 6.13. The summed E-state index contributed by atoms with van der Waals surface area (Å²) in [6.45, 7) is 0. The molecule has 2 heterocycles. The second-order valence-electron chi connectivity index (χ2n) is 15.6.